The Morgan fingerprint density at radius 1 is 1.13 bits per heavy atom. The summed E-state index contributed by atoms with van der Waals surface area (Å²) in [5.74, 6) is 0.854. The molecule has 0 aromatic heterocycles. The molecule has 4 heteroatoms. The summed E-state index contributed by atoms with van der Waals surface area (Å²) in [6.45, 7) is 2.05. The number of amides is 1. The molecule has 0 saturated heterocycles. The fourth-order valence-electron chi connectivity index (χ4n) is 3.05. The summed E-state index contributed by atoms with van der Waals surface area (Å²) in [5, 5.41) is 0. The van der Waals surface area contributed by atoms with E-state index in [2.05, 4.69) is 0 Å². The van der Waals surface area contributed by atoms with Gasteiger partial charge in [-0.05, 0) is 36.2 Å². The molecular formula is C19H19NO3. The van der Waals surface area contributed by atoms with Gasteiger partial charge in [-0.15, -0.1) is 0 Å². The van der Waals surface area contributed by atoms with E-state index in [1.807, 2.05) is 48.5 Å². The maximum atomic E-state index is 12.7. The molecule has 1 aliphatic rings. The molecule has 1 amide bonds. The molecule has 4 nitrogen and oxygen atoms in total. The second-order valence-electron chi connectivity index (χ2n) is 5.79. The number of hydrogen-bond donors (Lipinski definition) is 0. The highest BCUT2D eigenvalue weighted by Crippen LogP contribution is 2.37. The second kappa shape index (κ2) is 6.24. The highest BCUT2D eigenvalue weighted by atomic mass is 16.5. The van der Waals surface area contributed by atoms with E-state index in [0.29, 0.717) is 18.5 Å². The molecule has 23 heavy (non-hydrogen) atoms. The van der Waals surface area contributed by atoms with Crippen LogP contribution in [0, 0.1) is 0 Å². The number of benzene rings is 2. The number of ether oxygens (including phenoxy) is 1. The van der Waals surface area contributed by atoms with Gasteiger partial charge in [0.2, 0.25) is 0 Å². The molecule has 1 unspecified atom stereocenters. The Morgan fingerprint density at radius 2 is 1.83 bits per heavy atom. The molecule has 0 spiro atoms. The maximum absolute atomic E-state index is 12.7. The van der Waals surface area contributed by atoms with Crippen molar-refractivity contribution in [2.24, 2.45) is 0 Å². The molecule has 0 saturated carbocycles. The predicted octanol–water partition coefficient (Wildman–Crippen LogP) is 3.37. The van der Waals surface area contributed by atoms with Gasteiger partial charge in [0.05, 0.1) is 13.2 Å². The van der Waals surface area contributed by atoms with Gasteiger partial charge in [-0.25, -0.2) is 0 Å². The molecule has 1 atom stereocenters. The molecular weight excluding hydrogens is 290 g/mol. The van der Waals surface area contributed by atoms with Crippen molar-refractivity contribution in [3.63, 3.8) is 0 Å². The largest absolute Gasteiger partial charge is 0.497 e. The van der Waals surface area contributed by atoms with Crippen molar-refractivity contribution in [2.45, 2.75) is 25.9 Å². The third kappa shape index (κ3) is 2.97. The van der Waals surface area contributed by atoms with E-state index in [1.54, 1.807) is 18.9 Å². The van der Waals surface area contributed by atoms with Crippen molar-refractivity contribution < 1.29 is 14.3 Å². The van der Waals surface area contributed by atoms with Gasteiger partial charge in [-0.2, -0.15) is 0 Å². The van der Waals surface area contributed by atoms with Crippen LogP contribution in [0.5, 0.6) is 5.75 Å². The number of rotatable bonds is 5. The van der Waals surface area contributed by atoms with E-state index in [9.17, 15) is 9.59 Å². The van der Waals surface area contributed by atoms with E-state index < -0.39 is 0 Å². The third-order valence-electron chi connectivity index (χ3n) is 4.18. The van der Waals surface area contributed by atoms with Crippen LogP contribution in [0.15, 0.2) is 48.5 Å². The minimum atomic E-state index is -0.182. The molecule has 1 heterocycles. The van der Waals surface area contributed by atoms with Gasteiger partial charge in [-0.3, -0.25) is 9.59 Å². The van der Waals surface area contributed by atoms with E-state index in [1.165, 1.54) is 0 Å². The number of hydrogen-bond acceptors (Lipinski definition) is 3. The molecule has 0 N–H and O–H groups in total. The highest BCUT2D eigenvalue weighted by Gasteiger charge is 2.36. The van der Waals surface area contributed by atoms with Crippen LogP contribution in [0.2, 0.25) is 0 Å². The number of carbonyl (C=O) groups excluding carboxylic acids is 2. The summed E-state index contributed by atoms with van der Waals surface area (Å²) in [5.41, 5.74) is 2.66. The molecule has 2 aromatic carbocycles. The Labute approximate surface area is 135 Å². The van der Waals surface area contributed by atoms with Crippen LogP contribution >= 0.6 is 0 Å². The molecule has 0 bridgehead atoms. The van der Waals surface area contributed by atoms with Crippen molar-refractivity contribution in [1.82, 2.24) is 4.90 Å². The van der Waals surface area contributed by atoms with Crippen molar-refractivity contribution >= 4 is 11.7 Å². The highest BCUT2D eigenvalue weighted by molar-refractivity contribution is 5.99. The Bertz CT molecular complexity index is 737. The van der Waals surface area contributed by atoms with Crippen LogP contribution in [0.3, 0.4) is 0 Å². The van der Waals surface area contributed by atoms with E-state index in [-0.39, 0.29) is 17.7 Å². The Kier molecular flexibility index (Phi) is 4.15. The smallest absolute Gasteiger partial charge is 0.255 e. The van der Waals surface area contributed by atoms with Crippen LogP contribution in [0.25, 0.3) is 0 Å². The van der Waals surface area contributed by atoms with Gasteiger partial charge in [0.15, 0.2) is 0 Å². The minimum absolute atomic E-state index is 0.0114. The summed E-state index contributed by atoms with van der Waals surface area (Å²) in [4.78, 5) is 26.1. The van der Waals surface area contributed by atoms with E-state index >= 15 is 0 Å². The normalized spacial score (nSPS) is 16.3. The van der Waals surface area contributed by atoms with Gasteiger partial charge in [0.1, 0.15) is 11.5 Å². The number of fused-ring (bicyclic) bond motifs is 1. The Morgan fingerprint density at radius 3 is 2.48 bits per heavy atom. The van der Waals surface area contributed by atoms with Gasteiger partial charge >= 0.3 is 0 Å². The van der Waals surface area contributed by atoms with Gasteiger partial charge in [0, 0.05) is 18.5 Å². The zero-order valence-electron chi connectivity index (χ0n) is 13.3. The minimum Gasteiger partial charge on any atom is -0.497 e. The summed E-state index contributed by atoms with van der Waals surface area (Å²) >= 11 is 0. The molecule has 118 valence electrons. The Hall–Kier alpha value is -2.62. The summed E-state index contributed by atoms with van der Waals surface area (Å²) in [7, 11) is 1.62. The van der Waals surface area contributed by atoms with Crippen LogP contribution < -0.4 is 4.74 Å². The SMILES string of the molecule is COc1ccc(CN2C(=O)c3ccccc3C2CC(C)=O)cc1. The van der Waals surface area contributed by atoms with Crippen molar-refractivity contribution in [3.8, 4) is 5.75 Å². The first-order valence-electron chi connectivity index (χ1n) is 7.62. The topological polar surface area (TPSA) is 46.6 Å². The summed E-state index contributed by atoms with van der Waals surface area (Å²) in [6.07, 6.45) is 0.346. The number of Topliss-reactive ketones (excluding diaryl/α,β-unsaturated/α-hetero) is 1. The lowest BCUT2D eigenvalue weighted by Gasteiger charge is -2.25. The lowest BCUT2D eigenvalue weighted by molar-refractivity contribution is -0.118. The van der Waals surface area contributed by atoms with Gasteiger partial charge in [0.25, 0.3) is 5.91 Å². The molecule has 2 aromatic rings. The molecule has 1 aliphatic heterocycles. The zero-order valence-corrected chi connectivity index (χ0v) is 13.3. The second-order valence-corrected chi connectivity index (χ2v) is 5.79. The quantitative estimate of drug-likeness (QED) is 0.850. The average molecular weight is 309 g/mol. The van der Waals surface area contributed by atoms with Crippen LogP contribution in [0.4, 0.5) is 0 Å². The van der Waals surface area contributed by atoms with Crippen LogP contribution in [-0.2, 0) is 11.3 Å². The first-order valence-corrected chi connectivity index (χ1v) is 7.62. The summed E-state index contributed by atoms with van der Waals surface area (Å²) < 4.78 is 5.16. The number of nitrogens with zero attached hydrogens (tertiary/aromatic N) is 1. The van der Waals surface area contributed by atoms with Crippen molar-refractivity contribution in [3.05, 3.63) is 65.2 Å². The number of ketones is 1. The fraction of sp³-hybridized carbons (Fsp3) is 0.263. The van der Waals surface area contributed by atoms with Crippen molar-refractivity contribution in [1.29, 1.82) is 0 Å². The first-order chi connectivity index (χ1) is 11.1. The van der Waals surface area contributed by atoms with E-state index in [0.717, 1.165) is 16.9 Å². The summed E-state index contributed by atoms with van der Waals surface area (Å²) in [6, 6.07) is 15.0. The molecule has 3 rings (SSSR count). The van der Waals surface area contributed by atoms with Gasteiger partial charge in [-0.1, -0.05) is 30.3 Å². The first kappa shape index (κ1) is 15.3. The number of methoxy groups -OCH3 is 1. The lowest BCUT2D eigenvalue weighted by Crippen LogP contribution is -2.28. The third-order valence-corrected chi connectivity index (χ3v) is 4.18. The molecule has 0 fully saturated rings. The zero-order chi connectivity index (χ0) is 16.4. The van der Waals surface area contributed by atoms with Crippen molar-refractivity contribution in [2.75, 3.05) is 7.11 Å². The van der Waals surface area contributed by atoms with Gasteiger partial charge < -0.3 is 9.64 Å². The Balaban J connectivity index is 1.90. The molecule has 0 radical (unpaired) electrons. The number of carbonyl (C=O) groups is 2. The standard InChI is InChI=1S/C19H19NO3/c1-13(21)11-18-16-5-3-4-6-17(16)19(22)20(18)12-14-7-9-15(23-2)10-8-14/h3-10,18H,11-12H2,1-2H3. The van der Waals surface area contributed by atoms with Crippen LogP contribution in [0.1, 0.15) is 40.9 Å². The maximum Gasteiger partial charge on any atom is 0.255 e. The lowest BCUT2D eigenvalue weighted by atomic mass is 10.0. The predicted molar refractivity (Wildman–Crippen MR) is 87.3 cm³/mol. The molecule has 0 aliphatic carbocycles. The average Bonchev–Trinajstić information content (AvgIpc) is 2.81. The fourth-order valence-corrected chi connectivity index (χ4v) is 3.05. The van der Waals surface area contributed by atoms with Crippen LogP contribution in [-0.4, -0.2) is 23.7 Å². The monoisotopic (exact) mass is 309 g/mol. The van der Waals surface area contributed by atoms with E-state index in [4.69, 9.17) is 4.74 Å².